The zero-order valence-corrected chi connectivity index (χ0v) is 29.2. The van der Waals surface area contributed by atoms with E-state index in [-0.39, 0.29) is 28.5 Å². The minimum Gasteiger partial charge on any atom is -0.457 e. The van der Waals surface area contributed by atoms with E-state index in [9.17, 15) is 19.2 Å². The van der Waals surface area contributed by atoms with Gasteiger partial charge in [0.15, 0.2) is 0 Å². The minimum absolute atomic E-state index is 0.245. The lowest BCUT2D eigenvalue weighted by molar-refractivity contribution is 0.0507. The van der Waals surface area contributed by atoms with Crippen LogP contribution in [0.15, 0.2) is 109 Å². The normalized spacial score (nSPS) is 14.5. The third kappa shape index (κ3) is 6.18. The molecule has 0 saturated heterocycles. The van der Waals surface area contributed by atoms with Crippen molar-refractivity contribution in [1.29, 1.82) is 0 Å². The van der Waals surface area contributed by atoms with Crippen molar-refractivity contribution in [2.75, 3.05) is 4.90 Å². The second-order valence-electron chi connectivity index (χ2n) is 14.0. The van der Waals surface area contributed by atoms with Crippen molar-refractivity contribution in [1.82, 2.24) is 4.90 Å². The summed E-state index contributed by atoms with van der Waals surface area (Å²) in [5, 5.41) is 0. The first kappa shape index (κ1) is 33.5. The van der Waals surface area contributed by atoms with Crippen molar-refractivity contribution in [2.24, 2.45) is 0 Å². The van der Waals surface area contributed by atoms with Crippen molar-refractivity contribution >= 4 is 29.3 Å². The average molecular weight is 679 g/mol. The Morgan fingerprint density at radius 3 is 1.80 bits per heavy atom. The van der Waals surface area contributed by atoms with Gasteiger partial charge in [-0.2, -0.15) is 0 Å². The zero-order valence-electron chi connectivity index (χ0n) is 29.2. The van der Waals surface area contributed by atoms with Gasteiger partial charge in [0.05, 0.1) is 27.9 Å². The SMILES string of the molecule is CCCC(C)c1ccc(Oc2cccc(Oc3ccc(N4C(=O)c5cccc(-c6ccc7c(c6)C(=O)N(C(C)(C)C)C7=O)c5C4=O)cc3)c2)cc1. The van der Waals surface area contributed by atoms with E-state index in [1.807, 2.05) is 30.3 Å². The number of ether oxygens (including phenoxy) is 2. The Morgan fingerprint density at radius 2 is 1.18 bits per heavy atom. The summed E-state index contributed by atoms with van der Waals surface area (Å²) in [4.78, 5) is 56.2. The first-order valence-corrected chi connectivity index (χ1v) is 17.2. The van der Waals surface area contributed by atoms with Gasteiger partial charge < -0.3 is 9.47 Å². The summed E-state index contributed by atoms with van der Waals surface area (Å²) in [5.74, 6) is 1.29. The molecule has 8 heteroatoms. The van der Waals surface area contributed by atoms with E-state index in [0.717, 1.165) is 23.5 Å². The maximum atomic E-state index is 13.9. The minimum atomic E-state index is -0.691. The molecule has 0 saturated carbocycles. The Hall–Kier alpha value is -6.02. The molecule has 0 bridgehead atoms. The van der Waals surface area contributed by atoms with Gasteiger partial charge in [-0.1, -0.05) is 56.7 Å². The van der Waals surface area contributed by atoms with Crippen LogP contribution in [0, 0.1) is 0 Å². The largest absolute Gasteiger partial charge is 0.457 e. The van der Waals surface area contributed by atoms with Crippen LogP contribution >= 0.6 is 0 Å². The Bertz CT molecular complexity index is 2200. The molecular weight excluding hydrogens is 640 g/mol. The van der Waals surface area contributed by atoms with E-state index in [4.69, 9.17) is 9.47 Å². The molecule has 1 atom stereocenters. The predicted molar refractivity (Wildman–Crippen MR) is 196 cm³/mol. The summed E-state index contributed by atoms with van der Waals surface area (Å²) < 4.78 is 12.2. The van der Waals surface area contributed by atoms with Crippen LogP contribution < -0.4 is 14.4 Å². The quantitative estimate of drug-likeness (QED) is 0.144. The van der Waals surface area contributed by atoms with Gasteiger partial charge in [-0.05, 0) is 117 Å². The molecule has 0 aromatic heterocycles. The van der Waals surface area contributed by atoms with Gasteiger partial charge in [-0.15, -0.1) is 0 Å². The highest BCUT2D eigenvalue weighted by Crippen LogP contribution is 2.39. The molecule has 0 fully saturated rings. The van der Waals surface area contributed by atoms with E-state index < -0.39 is 17.4 Å². The van der Waals surface area contributed by atoms with Crippen LogP contribution in [0.2, 0.25) is 0 Å². The van der Waals surface area contributed by atoms with E-state index in [1.54, 1.807) is 87.5 Å². The molecule has 256 valence electrons. The van der Waals surface area contributed by atoms with E-state index >= 15 is 0 Å². The second kappa shape index (κ2) is 13.0. The monoisotopic (exact) mass is 678 g/mol. The molecule has 0 spiro atoms. The lowest BCUT2D eigenvalue weighted by Crippen LogP contribution is -2.45. The number of hydrogen-bond donors (Lipinski definition) is 0. The summed E-state index contributed by atoms with van der Waals surface area (Å²) in [7, 11) is 0. The highest BCUT2D eigenvalue weighted by molar-refractivity contribution is 6.36. The molecule has 4 amide bonds. The topological polar surface area (TPSA) is 93.2 Å². The number of rotatable bonds is 9. The second-order valence-corrected chi connectivity index (χ2v) is 14.0. The fourth-order valence-electron chi connectivity index (χ4n) is 6.78. The number of nitrogens with zero attached hydrogens (tertiary/aromatic N) is 2. The van der Waals surface area contributed by atoms with Crippen molar-refractivity contribution in [3.8, 4) is 34.1 Å². The summed E-state index contributed by atoms with van der Waals surface area (Å²) in [6.07, 6.45) is 2.28. The van der Waals surface area contributed by atoms with Crippen LogP contribution in [0.25, 0.3) is 11.1 Å². The molecule has 0 N–H and O–H groups in total. The first-order valence-electron chi connectivity index (χ1n) is 17.2. The first-order chi connectivity index (χ1) is 24.4. The molecule has 7 rings (SSSR count). The number of anilines is 1. The van der Waals surface area contributed by atoms with Crippen molar-refractivity contribution in [3.05, 3.63) is 137 Å². The van der Waals surface area contributed by atoms with Crippen LogP contribution in [-0.2, 0) is 0 Å². The summed E-state index contributed by atoms with van der Waals surface area (Å²) in [6, 6.07) is 32.3. The molecule has 0 aliphatic carbocycles. The summed E-state index contributed by atoms with van der Waals surface area (Å²) >= 11 is 0. The van der Waals surface area contributed by atoms with Crippen molar-refractivity contribution < 1.29 is 28.7 Å². The van der Waals surface area contributed by atoms with E-state index in [0.29, 0.717) is 45.5 Å². The molecule has 0 radical (unpaired) electrons. The van der Waals surface area contributed by atoms with Crippen LogP contribution in [0.3, 0.4) is 0 Å². The maximum Gasteiger partial charge on any atom is 0.266 e. The van der Waals surface area contributed by atoms with Crippen LogP contribution in [0.1, 0.15) is 100 Å². The standard InChI is InChI=1S/C43H38N2O6/c1-6-9-26(2)27-14-19-30(20-15-27)50-32-10-7-11-33(25-32)51-31-21-17-29(18-22-31)44-39(46)36-13-8-12-34(38(36)42(44)49)28-16-23-35-37(24-28)41(48)45(40(35)47)43(3,4)5/h7-8,10-26H,6,9H2,1-5H3. The summed E-state index contributed by atoms with van der Waals surface area (Å²) in [5.41, 5.74) is 3.17. The molecule has 1 unspecified atom stereocenters. The number of hydrogen-bond acceptors (Lipinski definition) is 6. The Balaban J connectivity index is 1.08. The van der Waals surface area contributed by atoms with Crippen LogP contribution in [0.4, 0.5) is 5.69 Å². The van der Waals surface area contributed by atoms with Gasteiger partial charge in [0.1, 0.15) is 23.0 Å². The highest BCUT2D eigenvalue weighted by Gasteiger charge is 2.43. The van der Waals surface area contributed by atoms with Gasteiger partial charge in [0, 0.05) is 11.6 Å². The molecular formula is C43H38N2O6. The third-order valence-electron chi connectivity index (χ3n) is 9.33. The van der Waals surface area contributed by atoms with Gasteiger partial charge in [-0.3, -0.25) is 24.1 Å². The lowest BCUT2D eigenvalue weighted by atomic mass is 9.94. The zero-order chi connectivity index (χ0) is 36.0. The van der Waals surface area contributed by atoms with Crippen molar-refractivity contribution in [2.45, 2.75) is 58.9 Å². The predicted octanol–water partition coefficient (Wildman–Crippen LogP) is 10.0. The van der Waals surface area contributed by atoms with Crippen LogP contribution in [0.5, 0.6) is 23.0 Å². The Labute approximate surface area is 297 Å². The molecule has 5 aromatic rings. The molecule has 8 nitrogen and oxygen atoms in total. The molecule has 51 heavy (non-hydrogen) atoms. The van der Waals surface area contributed by atoms with Gasteiger partial charge in [0.2, 0.25) is 0 Å². The number of imide groups is 2. The third-order valence-corrected chi connectivity index (χ3v) is 9.33. The average Bonchev–Trinajstić information content (AvgIpc) is 3.53. The Morgan fingerprint density at radius 1 is 0.588 bits per heavy atom. The van der Waals surface area contributed by atoms with E-state index in [2.05, 4.69) is 26.0 Å². The van der Waals surface area contributed by atoms with Gasteiger partial charge in [-0.25, -0.2) is 4.90 Å². The molecule has 2 heterocycles. The summed E-state index contributed by atoms with van der Waals surface area (Å²) in [6.45, 7) is 9.84. The molecule has 5 aromatic carbocycles. The maximum absolute atomic E-state index is 13.9. The smallest absolute Gasteiger partial charge is 0.266 e. The highest BCUT2D eigenvalue weighted by atomic mass is 16.5. The fourth-order valence-corrected chi connectivity index (χ4v) is 6.78. The number of benzene rings is 5. The van der Waals surface area contributed by atoms with E-state index in [1.165, 1.54) is 10.5 Å². The van der Waals surface area contributed by atoms with Gasteiger partial charge >= 0.3 is 0 Å². The number of fused-ring (bicyclic) bond motifs is 2. The number of carbonyl (C=O) groups is 4. The van der Waals surface area contributed by atoms with Crippen LogP contribution in [-0.4, -0.2) is 34.1 Å². The molecule has 2 aliphatic heterocycles. The number of amides is 4. The van der Waals surface area contributed by atoms with Crippen molar-refractivity contribution in [3.63, 3.8) is 0 Å². The fraction of sp³-hybridized carbons (Fsp3) is 0.209. The lowest BCUT2D eigenvalue weighted by Gasteiger charge is -2.29. The van der Waals surface area contributed by atoms with Gasteiger partial charge in [0.25, 0.3) is 23.6 Å². The number of carbonyl (C=O) groups excluding carboxylic acids is 4. The molecule has 2 aliphatic rings. The Kier molecular flexibility index (Phi) is 8.55.